The fourth-order valence-electron chi connectivity index (χ4n) is 3.44. The van der Waals surface area contributed by atoms with Crippen molar-refractivity contribution >= 4 is 30.5 Å². The number of fused-ring (bicyclic) bond motifs is 1. The summed E-state index contributed by atoms with van der Waals surface area (Å²) < 4.78 is 25.7. The Hall–Kier alpha value is -1.48. The number of ether oxygens (including phenoxy) is 1. The van der Waals surface area contributed by atoms with Gasteiger partial charge in [-0.15, -0.1) is 0 Å². The minimum Gasteiger partial charge on any atom is -0.491 e. The van der Waals surface area contributed by atoms with Crippen molar-refractivity contribution in [1.29, 1.82) is 0 Å². The molecule has 0 aromatic carbocycles. The summed E-state index contributed by atoms with van der Waals surface area (Å²) in [6, 6.07) is -0.0736. The third-order valence-electron chi connectivity index (χ3n) is 5.07. The van der Waals surface area contributed by atoms with Gasteiger partial charge in [0.15, 0.2) is 5.76 Å². The highest BCUT2D eigenvalue weighted by molar-refractivity contribution is 14.2. The van der Waals surface area contributed by atoms with Crippen molar-refractivity contribution in [3.05, 3.63) is 47.2 Å². The van der Waals surface area contributed by atoms with Crippen LogP contribution in [0.5, 0.6) is 0 Å². The van der Waals surface area contributed by atoms with E-state index in [1.807, 2.05) is 33.9 Å². The number of hydrogen-bond donors (Lipinski definition) is 2. The first-order chi connectivity index (χ1) is 13.5. The molecule has 2 unspecified atom stereocenters. The molecule has 5 nitrogen and oxygen atoms in total. The van der Waals surface area contributed by atoms with E-state index in [0.717, 1.165) is 35.6 Å². The van der Waals surface area contributed by atoms with Crippen LogP contribution in [0.1, 0.15) is 40.5 Å². The molecule has 0 aromatic heterocycles. The molecule has 0 spiro atoms. The van der Waals surface area contributed by atoms with E-state index in [4.69, 9.17) is 10.5 Å². The van der Waals surface area contributed by atoms with Gasteiger partial charge in [-0.25, -0.2) is 7.60 Å². The van der Waals surface area contributed by atoms with Crippen molar-refractivity contribution in [1.82, 2.24) is 10.2 Å². The summed E-state index contributed by atoms with van der Waals surface area (Å²) in [6.07, 6.45) is 8.36. The smallest absolute Gasteiger partial charge is 0.151 e. The van der Waals surface area contributed by atoms with Crippen LogP contribution < -0.4 is 11.1 Å². The monoisotopic (exact) mass is 502 g/mol. The van der Waals surface area contributed by atoms with E-state index in [1.165, 1.54) is 3.63 Å². The Morgan fingerprint density at radius 3 is 2.89 bits per heavy atom. The van der Waals surface area contributed by atoms with Gasteiger partial charge >= 0.3 is 0 Å². The summed E-state index contributed by atoms with van der Waals surface area (Å²) in [7, 11) is 1.87. The minimum absolute atomic E-state index is 0.0736. The maximum atomic E-state index is 13.7. The van der Waals surface area contributed by atoms with Crippen molar-refractivity contribution in [3.8, 4) is 0 Å². The summed E-state index contributed by atoms with van der Waals surface area (Å²) in [6.45, 7) is 9.22. The fourth-order valence-corrected chi connectivity index (χ4v) is 5.43. The van der Waals surface area contributed by atoms with Crippen molar-refractivity contribution in [2.24, 2.45) is 14.9 Å². The number of nitrogens with zero attached hydrogens (tertiary/aromatic N) is 2. The van der Waals surface area contributed by atoms with Gasteiger partial charge in [0, 0.05) is 64.2 Å². The van der Waals surface area contributed by atoms with E-state index in [9.17, 15) is 4.39 Å². The predicted octanol–water partition coefficient (Wildman–Crippen LogP) is 4.32. The summed E-state index contributed by atoms with van der Waals surface area (Å²) in [5.74, 6) is 1.44. The SMILES string of the molecule is C/C=C(\C(=C\F)OCC/C(=C(\C)NC)C(C)N)C1C=CC2=NI=C(CC)N2C1. The topological polar surface area (TPSA) is 62.9 Å². The molecule has 0 radical (unpaired) electrons. The molecule has 2 aliphatic rings. The van der Waals surface area contributed by atoms with Gasteiger partial charge < -0.3 is 20.7 Å². The first-order valence-electron chi connectivity index (χ1n) is 9.73. The Bertz CT molecular complexity index is 750. The highest BCUT2D eigenvalue weighted by Gasteiger charge is 2.28. The molecular formula is C21H32FIN4O. The van der Waals surface area contributed by atoms with E-state index in [2.05, 4.69) is 32.5 Å². The molecule has 2 aliphatic heterocycles. The number of hydrogen-bond acceptors (Lipinski definition) is 5. The second kappa shape index (κ2) is 10.9. The standard InChI is InChI=1S/C21H32FIN4O/c1-6-17(16-8-9-21-26-23-20(7-2)27(21)13-16)19(12-22)28-11-10-18(14(3)24)15(4)25-5/h6,8-9,12,14,16,25H,7,10-11,13,24H2,1-5H3/b17-6-,18-15-,19-12-. The van der Waals surface area contributed by atoms with Crippen LogP contribution in [0.2, 0.25) is 0 Å². The molecule has 2 rings (SSSR count). The van der Waals surface area contributed by atoms with Crippen LogP contribution in [0.4, 0.5) is 4.39 Å². The Kier molecular flexibility index (Phi) is 8.88. The van der Waals surface area contributed by atoms with Crippen LogP contribution >= 0.6 is 21.0 Å². The van der Waals surface area contributed by atoms with Gasteiger partial charge in [0.05, 0.1) is 10.2 Å². The lowest BCUT2D eigenvalue weighted by Gasteiger charge is -2.31. The highest BCUT2D eigenvalue weighted by Crippen LogP contribution is 2.31. The first-order valence-corrected chi connectivity index (χ1v) is 11.8. The third-order valence-corrected chi connectivity index (χ3v) is 7.71. The second-order valence-electron chi connectivity index (χ2n) is 6.84. The zero-order valence-corrected chi connectivity index (χ0v) is 19.6. The normalized spacial score (nSPS) is 22.0. The van der Waals surface area contributed by atoms with Crippen LogP contribution in [-0.2, 0) is 4.74 Å². The van der Waals surface area contributed by atoms with Crippen LogP contribution in [0.25, 0.3) is 0 Å². The first kappa shape index (κ1) is 22.8. The van der Waals surface area contributed by atoms with Gasteiger partial charge in [-0.2, -0.15) is 0 Å². The molecule has 28 heavy (non-hydrogen) atoms. The summed E-state index contributed by atoms with van der Waals surface area (Å²) in [4.78, 5) is 2.30. The molecule has 3 N–H and O–H groups in total. The van der Waals surface area contributed by atoms with E-state index in [0.29, 0.717) is 25.1 Å². The minimum atomic E-state index is -0.255. The quantitative estimate of drug-likeness (QED) is 0.280. The number of nitrogens with two attached hydrogens (primary N) is 1. The summed E-state index contributed by atoms with van der Waals surface area (Å²) >= 11 is -0.255. The molecule has 0 saturated carbocycles. The lowest BCUT2D eigenvalue weighted by atomic mass is 9.93. The number of allylic oxidation sites excluding steroid dienone is 3. The van der Waals surface area contributed by atoms with Crippen LogP contribution in [0.3, 0.4) is 0 Å². The molecule has 0 aliphatic carbocycles. The molecule has 2 atom stereocenters. The second-order valence-corrected chi connectivity index (χ2v) is 9.05. The number of amidine groups is 1. The van der Waals surface area contributed by atoms with Crippen LogP contribution in [-0.4, -0.2) is 40.6 Å². The van der Waals surface area contributed by atoms with Gasteiger partial charge in [-0.05, 0) is 38.8 Å². The molecule has 0 amide bonds. The molecular weight excluding hydrogens is 470 g/mol. The largest absolute Gasteiger partial charge is 0.491 e. The average Bonchev–Trinajstić information content (AvgIpc) is 3.11. The Morgan fingerprint density at radius 1 is 1.57 bits per heavy atom. The lowest BCUT2D eigenvalue weighted by Crippen LogP contribution is -2.39. The predicted molar refractivity (Wildman–Crippen MR) is 125 cm³/mol. The Balaban J connectivity index is 2.06. The van der Waals surface area contributed by atoms with Gasteiger partial charge in [-0.3, -0.25) is 0 Å². The Labute approximate surface area is 178 Å². The summed E-state index contributed by atoms with van der Waals surface area (Å²) in [5, 5.41) is 3.13. The molecule has 0 fully saturated rings. The summed E-state index contributed by atoms with van der Waals surface area (Å²) in [5.41, 5.74) is 9.06. The zero-order chi connectivity index (χ0) is 20.7. The molecule has 0 bridgehead atoms. The van der Waals surface area contributed by atoms with Gasteiger partial charge in [-0.1, -0.05) is 19.1 Å². The van der Waals surface area contributed by atoms with E-state index < -0.39 is 0 Å². The maximum Gasteiger partial charge on any atom is 0.151 e. The van der Waals surface area contributed by atoms with Crippen molar-refractivity contribution in [2.45, 2.75) is 46.6 Å². The third kappa shape index (κ3) is 5.31. The van der Waals surface area contributed by atoms with Gasteiger partial charge in [0.1, 0.15) is 12.2 Å². The number of rotatable bonds is 9. The van der Waals surface area contributed by atoms with Gasteiger partial charge in [0.25, 0.3) is 0 Å². The van der Waals surface area contributed by atoms with E-state index >= 15 is 0 Å². The van der Waals surface area contributed by atoms with E-state index in [1.54, 1.807) is 0 Å². The molecule has 2 heterocycles. The fraction of sp³-hybridized carbons (Fsp3) is 0.524. The van der Waals surface area contributed by atoms with Crippen molar-refractivity contribution < 1.29 is 9.13 Å². The maximum absolute atomic E-state index is 13.7. The zero-order valence-electron chi connectivity index (χ0n) is 17.4. The van der Waals surface area contributed by atoms with Crippen molar-refractivity contribution in [2.75, 3.05) is 20.2 Å². The van der Waals surface area contributed by atoms with Crippen LogP contribution in [0, 0.1) is 5.92 Å². The molecule has 0 saturated heterocycles. The molecule has 156 valence electrons. The highest BCUT2D eigenvalue weighted by atomic mass is 127. The van der Waals surface area contributed by atoms with Crippen molar-refractivity contribution in [3.63, 3.8) is 0 Å². The number of halogens is 2. The molecule has 7 heteroatoms. The Morgan fingerprint density at radius 2 is 2.32 bits per heavy atom. The van der Waals surface area contributed by atoms with Crippen LogP contribution in [0.15, 0.2) is 50.4 Å². The van der Waals surface area contributed by atoms with Gasteiger partial charge in [0.2, 0.25) is 0 Å². The average molecular weight is 502 g/mol. The lowest BCUT2D eigenvalue weighted by molar-refractivity contribution is 0.211. The van der Waals surface area contributed by atoms with E-state index in [-0.39, 0.29) is 33.0 Å². The number of nitrogens with one attached hydrogen (secondary N) is 1. The molecule has 0 aromatic rings.